The van der Waals surface area contributed by atoms with Crippen molar-refractivity contribution >= 4 is 17.5 Å². The molecule has 1 rings (SSSR count). The van der Waals surface area contributed by atoms with Crippen molar-refractivity contribution in [2.45, 2.75) is 0 Å². The topological polar surface area (TPSA) is 50.7 Å². The van der Waals surface area contributed by atoms with Gasteiger partial charge in [-0.2, -0.15) is 0 Å². The number of nitro groups is 1. The van der Waals surface area contributed by atoms with E-state index in [9.17, 15) is 10.1 Å². The summed E-state index contributed by atoms with van der Waals surface area (Å²) in [7, 11) is 3.66. The van der Waals surface area contributed by atoms with Crippen molar-refractivity contribution in [1.29, 1.82) is 0 Å². The molecule has 0 unspecified atom stereocenters. The zero-order chi connectivity index (χ0) is 12.1. The average Bonchev–Trinajstić information content (AvgIpc) is 2.25. The molecule has 0 N–H and O–H groups in total. The molecular weight excluding hydrogens is 206 g/mol. The lowest BCUT2D eigenvalue weighted by atomic mass is 10.1. The summed E-state index contributed by atoms with van der Waals surface area (Å²) in [5.74, 6) is 0. The third-order valence-corrected chi connectivity index (χ3v) is 1.89. The Bertz CT molecular complexity index is 473. The summed E-state index contributed by atoms with van der Waals surface area (Å²) in [5, 5.41) is 10.8. The van der Waals surface area contributed by atoms with E-state index in [0.29, 0.717) is 5.56 Å². The molecule has 0 radical (unpaired) electrons. The van der Waals surface area contributed by atoms with Crippen LogP contribution in [0.25, 0.3) is 10.9 Å². The molecule has 0 saturated heterocycles. The van der Waals surface area contributed by atoms with Gasteiger partial charge in [-0.3, -0.25) is 10.1 Å². The summed E-state index contributed by atoms with van der Waals surface area (Å²) >= 11 is 0. The monoisotopic (exact) mass is 217 g/mol. The normalized spacial score (nSPS) is 10.1. The highest BCUT2D eigenvalue weighted by atomic mass is 16.6. The first-order chi connectivity index (χ1) is 7.54. The molecule has 0 aliphatic rings. The first-order valence-corrected chi connectivity index (χ1v) is 4.55. The Morgan fingerprint density at radius 3 is 2.69 bits per heavy atom. The van der Waals surface area contributed by atoms with Crippen LogP contribution in [0.15, 0.2) is 24.4 Å². The lowest BCUT2D eigenvalue weighted by molar-refractivity contribution is -0.385. The van der Waals surface area contributed by atoms with E-state index >= 15 is 0 Å². The van der Waals surface area contributed by atoms with Crippen LogP contribution in [-0.4, -0.2) is 23.9 Å². The molecular formula is C11H11N3O2. The van der Waals surface area contributed by atoms with Crippen molar-refractivity contribution in [3.63, 3.8) is 0 Å². The van der Waals surface area contributed by atoms with Crippen molar-refractivity contribution in [1.82, 2.24) is 4.90 Å². The predicted octanol–water partition coefficient (Wildman–Crippen LogP) is 2.68. The van der Waals surface area contributed by atoms with E-state index in [2.05, 4.69) is 4.85 Å². The van der Waals surface area contributed by atoms with E-state index in [1.807, 2.05) is 14.1 Å². The number of nitro benzene ring substituents is 1. The van der Waals surface area contributed by atoms with Crippen LogP contribution >= 0.6 is 0 Å². The van der Waals surface area contributed by atoms with Crippen LogP contribution in [0.1, 0.15) is 5.56 Å². The largest absolute Gasteiger partial charge is 0.383 e. The molecule has 16 heavy (non-hydrogen) atoms. The minimum atomic E-state index is -0.482. The summed E-state index contributed by atoms with van der Waals surface area (Å²) in [4.78, 5) is 15.3. The van der Waals surface area contributed by atoms with E-state index in [1.165, 1.54) is 6.07 Å². The fraction of sp³-hybridized carbons (Fsp3) is 0.182. The molecule has 82 valence electrons. The van der Waals surface area contributed by atoms with Gasteiger partial charge in [-0.1, -0.05) is 12.1 Å². The second-order valence-corrected chi connectivity index (χ2v) is 3.39. The van der Waals surface area contributed by atoms with Gasteiger partial charge in [0.2, 0.25) is 0 Å². The van der Waals surface area contributed by atoms with E-state index in [0.717, 1.165) is 0 Å². The fourth-order valence-corrected chi connectivity index (χ4v) is 1.13. The Balaban J connectivity index is 3.19. The average molecular weight is 217 g/mol. The van der Waals surface area contributed by atoms with Gasteiger partial charge >= 0.3 is 0 Å². The third-order valence-electron chi connectivity index (χ3n) is 1.89. The lowest BCUT2D eigenvalue weighted by Gasteiger charge is -2.03. The van der Waals surface area contributed by atoms with Gasteiger partial charge in [0, 0.05) is 20.2 Å². The summed E-state index contributed by atoms with van der Waals surface area (Å²) in [6.45, 7) is 6.80. The SMILES string of the molecule is [C-]#[N+]c1ccc(/C=C/N(C)C)c([N+](=O)[O-])c1. The van der Waals surface area contributed by atoms with Crippen molar-refractivity contribution in [3.05, 3.63) is 51.5 Å². The van der Waals surface area contributed by atoms with E-state index in [1.54, 1.807) is 29.3 Å². The van der Waals surface area contributed by atoms with Gasteiger partial charge in [0.15, 0.2) is 5.69 Å². The van der Waals surface area contributed by atoms with Crippen LogP contribution in [0.3, 0.4) is 0 Å². The van der Waals surface area contributed by atoms with Crippen LogP contribution in [0.2, 0.25) is 0 Å². The summed E-state index contributed by atoms with van der Waals surface area (Å²) in [6, 6.07) is 4.42. The minimum absolute atomic E-state index is 0.0494. The van der Waals surface area contributed by atoms with Crippen LogP contribution in [0, 0.1) is 16.7 Å². The maximum atomic E-state index is 10.8. The van der Waals surface area contributed by atoms with Crippen LogP contribution in [0.5, 0.6) is 0 Å². The quantitative estimate of drug-likeness (QED) is 0.444. The number of hydrogen-bond donors (Lipinski definition) is 0. The van der Waals surface area contributed by atoms with E-state index in [4.69, 9.17) is 6.57 Å². The first-order valence-electron chi connectivity index (χ1n) is 4.55. The smallest absolute Gasteiger partial charge is 0.266 e. The van der Waals surface area contributed by atoms with Crippen molar-refractivity contribution in [3.8, 4) is 0 Å². The maximum Gasteiger partial charge on any atom is 0.266 e. The maximum absolute atomic E-state index is 10.8. The number of hydrogen-bond acceptors (Lipinski definition) is 3. The minimum Gasteiger partial charge on any atom is -0.383 e. The summed E-state index contributed by atoms with van der Waals surface area (Å²) in [5.41, 5.74) is 0.714. The van der Waals surface area contributed by atoms with Crippen molar-refractivity contribution in [2.75, 3.05) is 14.1 Å². The standard InChI is InChI=1S/C11H11N3O2/c1-12-10-5-4-9(6-7-13(2)3)11(8-10)14(15)16/h4-8H,2-3H3/b7-6+. The number of benzene rings is 1. The van der Waals surface area contributed by atoms with Gasteiger partial charge in [-0.05, 0) is 12.3 Å². The zero-order valence-electron chi connectivity index (χ0n) is 9.04. The highest BCUT2D eigenvalue weighted by Crippen LogP contribution is 2.25. The highest BCUT2D eigenvalue weighted by Gasteiger charge is 2.11. The van der Waals surface area contributed by atoms with Crippen LogP contribution in [-0.2, 0) is 0 Å². The van der Waals surface area contributed by atoms with Crippen LogP contribution < -0.4 is 0 Å². The Kier molecular flexibility index (Phi) is 3.62. The van der Waals surface area contributed by atoms with Gasteiger partial charge in [-0.25, -0.2) is 4.85 Å². The Morgan fingerprint density at radius 2 is 2.19 bits per heavy atom. The molecule has 1 aromatic carbocycles. The van der Waals surface area contributed by atoms with Gasteiger partial charge in [-0.15, -0.1) is 0 Å². The fourth-order valence-electron chi connectivity index (χ4n) is 1.13. The van der Waals surface area contributed by atoms with Gasteiger partial charge < -0.3 is 4.90 Å². The molecule has 1 aromatic rings. The van der Waals surface area contributed by atoms with Crippen LogP contribution in [0.4, 0.5) is 11.4 Å². The molecule has 0 fully saturated rings. The molecule has 5 nitrogen and oxygen atoms in total. The second kappa shape index (κ2) is 4.94. The molecule has 0 saturated carbocycles. The predicted molar refractivity (Wildman–Crippen MR) is 62.1 cm³/mol. The van der Waals surface area contributed by atoms with Gasteiger partial charge in [0.1, 0.15) is 0 Å². The van der Waals surface area contributed by atoms with E-state index in [-0.39, 0.29) is 11.4 Å². The number of rotatable bonds is 3. The van der Waals surface area contributed by atoms with Crippen molar-refractivity contribution in [2.24, 2.45) is 0 Å². The molecule has 0 heterocycles. The third kappa shape index (κ3) is 2.82. The molecule has 0 amide bonds. The van der Waals surface area contributed by atoms with E-state index < -0.39 is 4.92 Å². The molecule has 0 aliphatic carbocycles. The molecule has 0 spiro atoms. The molecule has 0 atom stereocenters. The Morgan fingerprint density at radius 1 is 1.50 bits per heavy atom. The summed E-state index contributed by atoms with van der Waals surface area (Å²) in [6.07, 6.45) is 3.37. The molecule has 0 aliphatic heterocycles. The Labute approximate surface area is 93.6 Å². The summed E-state index contributed by atoms with van der Waals surface area (Å²) < 4.78 is 0. The first kappa shape index (κ1) is 11.7. The van der Waals surface area contributed by atoms with Gasteiger partial charge in [0.25, 0.3) is 5.69 Å². The van der Waals surface area contributed by atoms with Gasteiger partial charge in [0.05, 0.1) is 17.1 Å². The molecule has 0 aromatic heterocycles. The molecule has 0 bridgehead atoms. The zero-order valence-corrected chi connectivity index (χ0v) is 9.04. The number of nitrogens with zero attached hydrogens (tertiary/aromatic N) is 3. The highest BCUT2D eigenvalue weighted by molar-refractivity contribution is 5.66. The lowest BCUT2D eigenvalue weighted by Crippen LogP contribution is -2.00. The molecule has 5 heteroatoms. The van der Waals surface area contributed by atoms with Crippen molar-refractivity contribution < 1.29 is 4.92 Å². The Hall–Kier alpha value is -2.35. The second-order valence-electron chi connectivity index (χ2n) is 3.39.